The Bertz CT molecular complexity index is 3100. The summed E-state index contributed by atoms with van der Waals surface area (Å²) in [6.07, 6.45) is 0. The van der Waals surface area contributed by atoms with E-state index in [9.17, 15) is 1.37 Å². The molecule has 0 amide bonds. The molecule has 9 rings (SSSR count). The van der Waals surface area contributed by atoms with Gasteiger partial charge in [0.15, 0.2) is 17.5 Å². The van der Waals surface area contributed by atoms with Crippen molar-refractivity contribution in [2.45, 2.75) is 0 Å². The number of furan rings is 2. The Balaban J connectivity index is 1.46. The maximum absolute atomic E-state index is 9.27. The molecule has 5 nitrogen and oxygen atoms in total. The number of hydrogen-bond acceptors (Lipinski definition) is 5. The molecule has 0 N–H and O–H groups in total. The second-order valence-corrected chi connectivity index (χ2v) is 9.96. The maximum atomic E-state index is 9.27. The van der Waals surface area contributed by atoms with Gasteiger partial charge in [-0.25, -0.2) is 15.0 Å². The summed E-state index contributed by atoms with van der Waals surface area (Å²) < 4.78 is 108. The van der Waals surface area contributed by atoms with Crippen LogP contribution in [0.4, 0.5) is 0 Å². The minimum Gasteiger partial charge on any atom is -0.456 e. The highest BCUT2D eigenvalue weighted by atomic mass is 16.3. The van der Waals surface area contributed by atoms with E-state index in [1.54, 1.807) is 30.3 Å². The summed E-state index contributed by atoms with van der Waals surface area (Å²) in [5.41, 5.74) is 0.602. The van der Waals surface area contributed by atoms with Gasteiger partial charge < -0.3 is 8.83 Å². The van der Waals surface area contributed by atoms with Gasteiger partial charge >= 0.3 is 0 Å². The third kappa shape index (κ3) is 3.83. The van der Waals surface area contributed by atoms with Crippen molar-refractivity contribution in [3.8, 4) is 45.3 Å². The molecule has 0 aliphatic rings. The molecule has 0 spiro atoms. The van der Waals surface area contributed by atoms with E-state index in [0.717, 1.165) is 10.8 Å². The fourth-order valence-corrected chi connectivity index (χ4v) is 5.49. The van der Waals surface area contributed by atoms with E-state index in [1.807, 2.05) is 42.5 Å². The number of para-hydroxylation sites is 2. The first-order valence-corrected chi connectivity index (χ1v) is 13.6. The summed E-state index contributed by atoms with van der Waals surface area (Å²) >= 11 is 0. The highest BCUT2D eigenvalue weighted by molar-refractivity contribution is 6.17. The summed E-state index contributed by atoms with van der Waals surface area (Å²) in [5, 5.41) is 1.39. The van der Waals surface area contributed by atoms with E-state index in [0.29, 0.717) is 22.3 Å². The van der Waals surface area contributed by atoms with Crippen LogP contribution in [0.15, 0.2) is 148 Å². The summed E-state index contributed by atoms with van der Waals surface area (Å²) in [6, 6.07) is 15.1. The van der Waals surface area contributed by atoms with Crippen molar-refractivity contribution >= 4 is 43.9 Å². The van der Waals surface area contributed by atoms with Crippen LogP contribution < -0.4 is 0 Å². The zero-order valence-corrected chi connectivity index (χ0v) is 22.6. The molecule has 0 radical (unpaired) electrons. The van der Waals surface area contributed by atoms with Crippen LogP contribution in [0.1, 0.15) is 15.1 Å². The molecule has 5 heteroatoms. The maximum Gasteiger partial charge on any atom is 0.167 e. The largest absolute Gasteiger partial charge is 0.456 e. The monoisotopic (exact) mass is 576 g/mol. The van der Waals surface area contributed by atoms with Crippen molar-refractivity contribution in [2.24, 2.45) is 0 Å². The molecule has 206 valence electrons. The van der Waals surface area contributed by atoms with Crippen molar-refractivity contribution in [2.75, 3.05) is 0 Å². The number of benzene rings is 6. The molecule has 0 unspecified atom stereocenters. The van der Waals surface area contributed by atoms with E-state index in [2.05, 4.69) is 0 Å². The second kappa shape index (κ2) is 9.75. The van der Waals surface area contributed by atoms with Crippen molar-refractivity contribution in [1.29, 1.82) is 0 Å². The van der Waals surface area contributed by atoms with Gasteiger partial charge in [-0.1, -0.05) is 115 Å². The molecule has 3 aromatic heterocycles. The van der Waals surface area contributed by atoms with Crippen molar-refractivity contribution < 1.29 is 23.9 Å². The lowest BCUT2D eigenvalue weighted by molar-refractivity contribution is 0.668. The Hall–Kier alpha value is -6.07. The molecule has 0 bridgehead atoms. The van der Waals surface area contributed by atoms with Crippen LogP contribution in [0.2, 0.25) is 0 Å². The summed E-state index contributed by atoms with van der Waals surface area (Å²) in [5.74, 6) is 0.164. The molecular weight excluding hydrogens is 542 g/mol. The van der Waals surface area contributed by atoms with Gasteiger partial charge in [-0.2, -0.15) is 0 Å². The van der Waals surface area contributed by atoms with E-state index < -0.39 is 72.0 Å². The Kier molecular flexibility index (Phi) is 3.54. The van der Waals surface area contributed by atoms with Gasteiger partial charge in [0.25, 0.3) is 0 Å². The van der Waals surface area contributed by atoms with Crippen LogP contribution in [0, 0.1) is 0 Å². The molecule has 0 aliphatic carbocycles. The molecule has 0 fully saturated rings. The van der Waals surface area contributed by atoms with E-state index >= 15 is 0 Å². The van der Waals surface area contributed by atoms with Crippen LogP contribution in [0.25, 0.3) is 89.2 Å². The summed E-state index contributed by atoms with van der Waals surface area (Å²) in [6.45, 7) is 0. The standard InChI is InChI=1S/C39H23N3O2/c1-3-12-24(13-4-1)26-17-10-22-32-34(26)35-29(19-11-23-33(35)43-32)38-40-37(25-14-5-2-6-15-25)41-39(42-38)30-20-9-18-28-27-16-7-8-21-31(27)44-36(28)30/h1-23H/i1D,3D,4D,10D,11D,12D,13D,17D,19D,22D,23D. The zero-order valence-electron chi connectivity index (χ0n) is 33.6. The molecule has 9 aromatic rings. The van der Waals surface area contributed by atoms with Crippen molar-refractivity contribution in [3.63, 3.8) is 0 Å². The Labute approximate surface area is 267 Å². The highest BCUT2D eigenvalue weighted by Crippen LogP contribution is 2.42. The fraction of sp³-hybridized carbons (Fsp3) is 0. The predicted octanol–water partition coefficient (Wildman–Crippen LogP) is 10.3. The SMILES string of the molecule is [2H]c1c([2H])c([2H])c(-c2c([2H])c([2H])c([2H])c3oc4c([2H])c([2H])c([2H])c(-c5nc(-c6ccccc6)nc(-c6cccc7c6oc6ccccc67)n5)c4c23)c([2H])c1[2H]. The quantitative estimate of drug-likeness (QED) is 0.209. The molecule has 0 atom stereocenters. The third-order valence-corrected chi connectivity index (χ3v) is 7.42. The Morgan fingerprint density at radius 2 is 1.09 bits per heavy atom. The average molecular weight is 577 g/mol. The van der Waals surface area contributed by atoms with Crippen LogP contribution in [-0.4, -0.2) is 15.0 Å². The molecule has 3 heterocycles. The molecule has 44 heavy (non-hydrogen) atoms. The normalized spacial score (nSPS) is 15.1. The first kappa shape index (κ1) is 16.0. The van der Waals surface area contributed by atoms with Crippen molar-refractivity contribution in [3.05, 3.63) is 139 Å². The lowest BCUT2D eigenvalue weighted by atomic mass is 9.97. The van der Waals surface area contributed by atoms with Gasteiger partial charge in [-0.15, -0.1) is 0 Å². The lowest BCUT2D eigenvalue weighted by Gasteiger charge is -2.10. The second-order valence-electron chi connectivity index (χ2n) is 9.96. The van der Waals surface area contributed by atoms with Gasteiger partial charge in [0, 0.05) is 32.7 Å². The van der Waals surface area contributed by atoms with E-state index in [-0.39, 0.29) is 50.5 Å². The van der Waals surface area contributed by atoms with Crippen LogP contribution >= 0.6 is 0 Å². The average Bonchev–Trinajstić information content (AvgIpc) is 3.79. The first-order chi connectivity index (χ1) is 26.4. The van der Waals surface area contributed by atoms with Crippen LogP contribution in [0.3, 0.4) is 0 Å². The minimum absolute atomic E-state index is 0.108. The molecular formula is C39H23N3O2. The lowest BCUT2D eigenvalue weighted by Crippen LogP contribution is -2.00. The van der Waals surface area contributed by atoms with Gasteiger partial charge in [-0.3, -0.25) is 0 Å². The smallest absolute Gasteiger partial charge is 0.167 e. The third-order valence-electron chi connectivity index (χ3n) is 7.42. The summed E-state index contributed by atoms with van der Waals surface area (Å²) in [7, 11) is 0. The molecule has 0 saturated heterocycles. The topological polar surface area (TPSA) is 65.0 Å². The van der Waals surface area contributed by atoms with Gasteiger partial charge in [-0.05, 0) is 35.3 Å². The van der Waals surface area contributed by atoms with Crippen molar-refractivity contribution in [1.82, 2.24) is 15.0 Å². The number of aromatic nitrogens is 3. The van der Waals surface area contributed by atoms with E-state index in [4.69, 9.17) is 37.5 Å². The minimum atomic E-state index is -0.691. The molecule has 0 saturated carbocycles. The number of hydrogen-bond donors (Lipinski definition) is 0. The van der Waals surface area contributed by atoms with Gasteiger partial charge in [0.2, 0.25) is 0 Å². The van der Waals surface area contributed by atoms with Gasteiger partial charge in [0.05, 0.1) is 20.6 Å². The summed E-state index contributed by atoms with van der Waals surface area (Å²) in [4.78, 5) is 14.5. The van der Waals surface area contributed by atoms with Gasteiger partial charge in [0.1, 0.15) is 22.3 Å². The highest BCUT2D eigenvalue weighted by Gasteiger charge is 2.21. The number of nitrogens with zero attached hydrogens (tertiary/aromatic N) is 3. The molecule has 0 aliphatic heterocycles. The van der Waals surface area contributed by atoms with Crippen LogP contribution in [0.5, 0.6) is 0 Å². The zero-order chi connectivity index (χ0) is 38.6. The van der Waals surface area contributed by atoms with Crippen LogP contribution in [-0.2, 0) is 0 Å². The van der Waals surface area contributed by atoms with E-state index in [1.165, 1.54) is 0 Å². The Morgan fingerprint density at radius 1 is 0.432 bits per heavy atom. The number of rotatable bonds is 4. The first-order valence-electron chi connectivity index (χ1n) is 19.1. The molecule has 6 aromatic carbocycles. The fourth-order valence-electron chi connectivity index (χ4n) is 5.49. The number of fused-ring (bicyclic) bond motifs is 6. The predicted molar refractivity (Wildman–Crippen MR) is 176 cm³/mol. The Morgan fingerprint density at radius 3 is 1.91 bits per heavy atom.